The van der Waals surface area contributed by atoms with Crippen molar-refractivity contribution >= 4 is 0 Å². The van der Waals surface area contributed by atoms with Crippen LogP contribution in [0.25, 0.3) is 0 Å². The van der Waals surface area contributed by atoms with E-state index in [1.807, 2.05) is 6.92 Å². The van der Waals surface area contributed by atoms with Crippen LogP contribution in [0.4, 0.5) is 0 Å². The van der Waals surface area contributed by atoms with E-state index in [1.165, 1.54) is 0 Å². The molecular formula is C13H22N4. The number of azo groups is 1. The van der Waals surface area contributed by atoms with Gasteiger partial charge in [0.1, 0.15) is 0 Å². The van der Waals surface area contributed by atoms with Crippen molar-refractivity contribution in [3.05, 3.63) is 0 Å². The summed E-state index contributed by atoms with van der Waals surface area (Å²) in [4.78, 5) is 0. The Kier molecular flexibility index (Phi) is 7.14. The van der Waals surface area contributed by atoms with Crippen LogP contribution in [0, 0.1) is 34.5 Å². The first-order valence-electron chi connectivity index (χ1n) is 6.17. The molecule has 0 aromatic rings. The van der Waals surface area contributed by atoms with Crippen LogP contribution in [0.1, 0.15) is 47.0 Å². The second kappa shape index (κ2) is 7.79. The van der Waals surface area contributed by atoms with Gasteiger partial charge in [0.15, 0.2) is 5.54 Å². The molecule has 0 N–H and O–H groups in total. The van der Waals surface area contributed by atoms with Gasteiger partial charge in [0.25, 0.3) is 0 Å². The summed E-state index contributed by atoms with van der Waals surface area (Å²) in [5.74, 6) is 0.326. The highest BCUT2D eigenvalue weighted by atomic mass is 15.1. The van der Waals surface area contributed by atoms with Crippen LogP contribution in [0.3, 0.4) is 0 Å². The minimum absolute atomic E-state index is 0.0780. The van der Waals surface area contributed by atoms with Gasteiger partial charge in [0.2, 0.25) is 0 Å². The first-order chi connectivity index (χ1) is 7.97. The molecule has 2 unspecified atom stereocenters. The third-order valence-corrected chi connectivity index (χ3v) is 2.46. The molecule has 4 heteroatoms. The van der Waals surface area contributed by atoms with E-state index in [4.69, 9.17) is 10.5 Å². The maximum Gasteiger partial charge on any atom is 0.164 e. The van der Waals surface area contributed by atoms with Crippen molar-refractivity contribution in [2.45, 2.75) is 52.5 Å². The predicted molar refractivity (Wildman–Crippen MR) is 67.2 cm³/mol. The maximum atomic E-state index is 9.09. The molecule has 0 rings (SSSR count). The van der Waals surface area contributed by atoms with Gasteiger partial charge in [-0.3, -0.25) is 0 Å². The monoisotopic (exact) mass is 234 g/mol. The standard InChI is InChI=1S/C13H22N4/c1-5-6-12(8-14)9-16-17-13(4,10-15)7-11(2)3/h11-12H,5-7,9H2,1-4H3. The van der Waals surface area contributed by atoms with Gasteiger partial charge in [-0.1, -0.05) is 27.2 Å². The Morgan fingerprint density at radius 3 is 2.35 bits per heavy atom. The topological polar surface area (TPSA) is 72.3 Å². The molecule has 0 aromatic heterocycles. The summed E-state index contributed by atoms with van der Waals surface area (Å²) in [7, 11) is 0. The van der Waals surface area contributed by atoms with E-state index < -0.39 is 5.54 Å². The van der Waals surface area contributed by atoms with E-state index in [0.29, 0.717) is 18.9 Å². The van der Waals surface area contributed by atoms with Crippen LogP contribution >= 0.6 is 0 Å². The van der Waals surface area contributed by atoms with E-state index in [1.54, 1.807) is 6.92 Å². The summed E-state index contributed by atoms with van der Waals surface area (Å²) < 4.78 is 0. The lowest BCUT2D eigenvalue weighted by molar-refractivity contribution is 0.426. The number of nitriles is 2. The Bertz CT molecular complexity index is 321. The smallest absolute Gasteiger partial charge is 0.164 e. The van der Waals surface area contributed by atoms with E-state index in [2.05, 4.69) is 36.2 Å². The molecule has 0 aliphatic heterocycles. The third-order valence-electron chi connectivity index (χ3n) is 2.46. The minimum Gasteiger partial charge on any atom is -0.198 e. The second-order valence-electron chi connectivity index (χ2n) is 5.02. The van der Waals surface area contributed by atoms with E-state index in [9.17, 15) is 0 Å². The molecule has 0 fully saturated rings. The van der Waals surface area contributed by atoms with Gasteiger partial charge in [-0.25, -0.2) is 0 Å². The summed E-state index contributed by atoms with van der Waals surface area (Å²) in [6.45, 7) is 8.34. The number of hydrogen-bond acceptors (Lipinski definition) is 4. The zero-order chi connectivity index (χ0) is 13.3. The largest absolute Gasteiger partial charge is 0.198 e. The Hall–Kier alpha value is -1.42. The summed E-state index contributed by atoms with van der Waals surface area (Å²) >= 11 is 0. The summed E-state index contributed by atoms with van der Waals surface area (Å²) in [6.07, 6.45) is 2.50. The molecule has 4 nitrogen and oxygen atoms in total. The lowest BCUT2D eigenvalue weighted by Gasteiger charge is -2.17. The molecule has 0 amide bonds. The first-order valence-corrected chi connectivity index (χ1v) is 6.17. The molecule has 94 valence electrons. The fraction of sp³-hybridized carbons (Fsp3) is 0.846. The SMILES string of the molecule is CCCC(C#N)CN=NC(C)(C#N)CC(C)C. The quantitative estimate of drug-likeness (QED) is 0.630. The van der Waals surface area contributed by atoms with Crippen molar-refractivity contribution in [3.8, 4) is 12.1 Å². The van der Waals surface area contributed by atoms with Crippen molar-refractivity contribution in [3.63, 3.8) is 0 Å². The van der Waals surface area contributed by atoms with Crippen molar-refractivity contribution in [1.82, 2.24) is 0 Å². The fourth-order valence-corrected chi connectivity index (χ4v) is 1.74. The minimum atomic E-state index is -0.750. The highest BCUT2D eigenvalue weighted by Gasteiger charge is 2.24. The number of rotatable bonds is 7. The summed E-state index contributed by atoms with van der Waals surface area (Å²) in [6, 6.07) is 4.40. The highest BCUT2D eigenvalue weighted by Crippen LogP contribution is 2.20. The van der Waals surface area contributed by atoms with E-state index in [-0.39, 0.29) is 5.92 Å². The van der Waals surface area contributed by atoms with Gasteiger partial charge in [0, 0.05) is 0 Å². The normalized spacial score (nSPS) is 16.4. The number of nitrogens with zero attached hydrogens (tertiary/aromatic N) is 4. The lowest BCUT2D eigenvalue weighted by atomic mass is 9.93. The van der Waals surface area contributed by atoms with Crippen molar-refractivity contribution in [2.75, 3.05) is 6.54 Å². The summed E-state index contributed by atoms with van der Waals surface area (Å²) in [5, 5.41) is 26.1. The van der Waals surface area contributed by atoms with E-state index in [0.717, 1.165) is 12.8 Å². The molecule has 0 saturated carbocycles. The van der Waals surface area contributed by atoms with Gasteiger partial charge in [-0.05, 0) is 25.7 Å². The van der Waals surface area contributed by atoms with Crippen molar-refractivity contribution in [1.29, 1.82) is 10.5 Å². The van der Waals surface area contributed by atoms with Crippen LogP contribution in [0.2, 0.25) is 0 Å². The molecular weight excluding hydrogens is 212 g/mol. The Morgan fingerprint density at radius 2 is 1.94 bits per heavy atom. The average molecular weight is 234 g/mol. The van der Waals surface area contributed by atoms with Crippen molar-refractivity contribution in [2.24, 2.45) is 22.1 Å². The predicted octanol–water partition coefficient (Wildman–Crippen LogP) is 3.71. The van der Waals surface area contributed by atoms with Gasteiger partial charge in [-0.15, -0.1) is 0 Å². The van der Waals surface area contributed by atoms with Crippen molar-refractivity contribution < 1.29 is 0 Å². The molecule has 0 radical (unpaired) electrons. The number of hydrogen-bond donors (Lipinski definition) is 0. The van der Waals surface area contributed by atoms with Crippen LogP contribution < -0.4 is 0 Å². The Labute approximate surface area is 104 Å². The zero-order valence-electron chi connectivity index (χ0n) is 11.3. The first kappa shape index (κ1) is 15.6. The Morgan fingerprint density at radius 1 is 1.29 bits per heavy atom. The fourth-order valence-electron chi connectivity index (χ4n) is 1.74. The molecule has 0 aromatic carbocycles. The van der Waals surface area contributed by atoms with Crippen LogP contribution in [-0.2, 0) is 0 Å². The molecule has 0 heterocycles. The molecule has 0 aliphatic carbocycles. The average Bonchev–Trinajstić information content (AvgIpc) is 2.27. The second-order valence-corrected chi connectivity index (χ2v) is 5.02. The van der Waals surface area contributed by atoms with Crippen LogP contribution in [0.15, 0.2) is 10.2 Å². The maximum absolute atomic E-state index is 9.09. The van der Waals surface area contributed by atoms with Gasteiger partial charge >= 0.3 is 0 Å². The highest BCUT2D eigenvalue weighted by molar-refractivity contribution is 5.03. The Balaban J connectivity index is 4.39. The molecule has 0 saturated heterocycles. The van der Waals surface area contributed by atoms with Crippen LogP contribution in [-0.4, -0.2) is 12.1 Å². The molecule has 0 spiro atoms. The van der Waals surface area contributed by atoms with E-state index >= 15 is 0 Å². The van der Waals surface area contributed by atoms with Gasteiger partial charge < -0.3 is 0 Å². The molecule has 2 atom stereocenters. The summed E-state index contributed by atoms with van der Waals surface area (Å²) in [5.41, 5.74) is -0.750. The molecule has 17 heavy (non-hydrogen) atoms. The van der Waals surface area contributed by atoms with Gasteiger partial charge in [0.05, 0.1) is 24.6 Å². The third kappa shape index (κ3) is 6.68. The lowest BCUT2D eigenvalue weighted by Crippen LogP contribution is -2.21. The zero-order valence-corrected chi connectivity index (χ0v) is 11.3. The molecule has 0 bridgehead atoms. The molecule has 0 aliphatic rings. The van der Waals surface area contributed by atoms with Crippen LogP contribution in [0.5, 0.6) is 0 Å². The van der Waals surface area contributed by atoms with Gasteiger partial charge in [-0.2, -0.15) is 20.8 Å².